The number of fused-ring (bicyclic) bond motifs is 1. The van der Waals surface area contributed by atoms with Crippen molar-refractivity contribution in [2.24, 2.45) is 11.8 Å². The van der Waals surface area contributed by atoms with Gasteiger partial charge in [0.25, 0.3) is 0 Å². The smallest absolute Gasteiger partial charge is 0.311 e. The zero-order valence-electron chi connectivity index (χ0n) is 18.5. The van der Waals surface area contributed by atoms with E-state index in [1.807, 2.05) is 13.8 Å². The summed E-state index contributed by atoms with van der Waals surface area (Å²) in [5.74, 6) is -2.18. The van der Waals surface area contributed by atoms with Gasteiger partial charge in [0.15, 0.2) is 0 Å². The van der Waals surface area contributed by atoms with E-state index in [0.717, 1.165) is 6.42 Å². The maximum absolute atomic E-state index is 13.8. The van der Waals surface area contributed by atoms with Crippen LogP contribution in [0, 0.1) is 11.8 Å². The van der Waals surface area contributed by atoms with Crippen LogP contribution < -0.4 is 5.32 Å². The van der Waals surface area contributed by atoms with Crippen molar-refractivity contribution >= 4 is 46.8 Å². The summed E-state index contributed by atoms with van der Waals surface area (Å²) in [6.45, 7) is 5.62. The van der Waals surface area contributed by atoms with Crippen LogP contribution in [-0.2, 0) is 19.1 Å². The van der Waals surface area contributed by atoms with Gasteiger partial charge in [-0.1, -0.05) is 18.5 Å². The zero-order chi connectivity index (χ0) is 23.3. The molecule has 3 heterocycles. The van der Waals surface area contributed by atoms with Crippen LogP contribution >= 0.6 is 23.4 Å². The molecule has 4 rings (SSSR count). The van der Waals surface area contributed by atoms with E-state index >= 15 is 0 Å². The van der Waals surface area contributed by atoms with Crippen LogP contribution in [0.25, 0.3) is 0 Å². The van der Waals surface area contributed by atoms with Crippen LogP contribution in [0.4, 0.5) is 5.69 Å². The molecule has 0 saturated carbocycles. The summed E-state index contributed by atoms with van der Waals surface area (Å²) in [6, 6.07) is 5.50. The van der Waals surface area contributed by atoms with Crippen LogP contribution in [0.3, 0.4) is 0 Å². The number of hydrogen-bond donors (Lipinski definition) is 2. The predicted molar refractivity (Wildman–Crippen MR) is 123 cm³/mol. The number of hydrogen-bond acceptors (Lipinski definition) is 6. The van der Waals surface area contributed by atoms with E-state index in [-0.39, 0.29) is 31.0 Å². The van der Waals surface area contributed by atoms with Gasteiger partial charge in [-0.25, -0.2) is 0 Å². The molecule has 3 fully saturated rings. The molecule has 2 bridgehead atoms. The largest absolute Gasteiger partial charge is 0.466 e. The lowest BCUT2D eigenvalue weighted by Crippen LogP contribution is -2.54. The third-order valence-electron chi connectivity index (χ3n) is 7.19. The van der Waals surface area contributed by atoms with E-state index in [9.17, 15) is 19.5 Å². The number of rotatable bonds is 7. The molecule has 1 aromatic rings. The molecule has 1 spiro atoms. The summed E-state index contributed by atoms with van der Waals surface area (Å²) in [7, 11) is 0. The van der Waals surface area contributed by atoms with Crippen molar-refractivity contribution in [2.75, 3.05) is 18.5 Å². The Labute approximate surface area is 197 Å². The normalized spacial score (nSPS) is 33.8. The molecule has 3 aliphatic rings. The number of ether oxygens (including phenoxy) is 1. The quantitative estimate of drug-likeness (QED) is 0.582. The van der Waals surface area contributed by atoms with Crippen LogP contribution in [0.5, 0.6) is 0 Å². The molecular formula is C23H29ClN2O5S. The van der Waals surface area contributed by atoms with Gasteiger partial charge < -0.3 is 20.1 Å². The lowest BCUT2D eigenvalue weighted by atomic mass is 9.66. The average molecular weight is 481 g/mol. The predicted octanol–water partition coefficient (Wildman–Crippen LogP) is 3.09. The Morgan fingerprint density at radius 2 is 2.00 bits per heavy atom. The van der Waals surface area contributed by atoms with E-state index < -0.39 is 33.4 Å². The van der Waals surface area contributed by atoms with Gasteiger partial charge in [-0.2, -0.15) is 0 Å². The second-order valence-corrected chi connectivity index (χ2v) is 11.3. The zero-order valence-corrected chi connectivity index (χ0v) is 20.0. The molecular weight excluding hydrogens is 452 g/mol. The van der Waals surface area contributed by atoms with E-state index in [1.165, 1.54) is 0 Å². The molecule has 0 aliphatic carbocycles. The van der Waals surface area contributed by atoms with E-state index in [2.05, 4.69) is 5.32 Å². The molecule has 2 N–H and O–H groups in total. The Hall–Kier alpha value is -1.77. The molecule has 9 heteroatoms. The highest BCUT2D eigenvalue weighted by molar-refractivity contribution is 8.02. The van der Waals surface area contributed by atoms with Gasteiger partial charge in [-0.3, -0.25) is 14.4 Å². The van der Waals surface area contributed by atoms with Crippen LogP contribution in [0.1, 0.15) is 40.0 Å². The number of likely N-dealkylation sites (tertiary alicyclic amines) is 1. The summed E-state index contributed by atoms with van der Waals surface area (Å²) in [4.78, 5) is 42.0. The third-order valence-corrected chi connectivity index (χ3v) is 9.43. The number of benzene rings is 1. The molecule has 3 saturated heterocycles. The SMILES string of the molecule is CCOC(=O)[C@@H]1[C@H]2C(=O)N([C@@H](CC)CO)C(C(=O)Nc3ccc(Cl)cc3)C23CC[C@@]1(C)S3. The van der Waals surface area contributed by atoms with Gasteiger partial charge in [0.05, 0.1) is 35.8 Å². The fourth-order valence-electron chi connectivity index (χ4n) is 5.80. The van der Waals surface area contributed by atoms with E-state index in [1.54, 1.807) is 47.9 Å². The van der Waals surface area contributed by atoms with Gasteiger partial charge >= 0.3 is 5.97 Å². The van der Waals surface area contributed by atoms with Crippen molar-refractivity contribution in [1.82, 2.24) is 4.90 Å². The molecule has 0 aromatic heterocycles. The highest BCUT2D eigenvalue weighted by atomic mass is 35.5. The van der Waals surface area contributed by atoms with Crippen LogP contribution in [0.15, 0.2) is 24.3 Å². The van der Waals surface area contributed by atoms with Gasteiger partial charge in [0.1, 0.15) is 6.04 Å². The lowest BCUT2D eigenvalue weighted by Gasteiger charge is -2.36. The molecule has 7 nitrogen and oxygen atoms in total. The number of anilines is 1. The summed E-state index contributed by atoms with van der Waals surface area (Å²) in [5.41, 5.74) is 0.578. The second kappa shape index (κ2) is 8.54. The first-order chi connectivity index (χ1) is 15.2. The maximum atomic E-state index is 13.8. The second-order valence-electron chi connectivity index (χ2n) is 8.97. The Balaban J connectivity index is 1.76. The summed E-state index contributed by atoms with van der Waals surface area (Å²) < 4.78 is 4.17. The monoisotopic (exact) mass is 480 g/mol. The summed E-state index contributed by atoms with van der Waals surface area (Å²) in [5, 5.41) is 13.5. The highest BCUT2D eigenvalue weighted by Gasteiger charge is 2.77. The number of thioether (sulfide) groups is 1. The third kappa shape index (κ3) is 3.42. The Kier molecular flexibility index (Phi) is 6.24. The Bertz CT molecular complexity index is 923. The van der Waals surface area contributed by atoms with Crippen molar-refractivity contribution < 1.29 is 24.2 Å². The number of aliphatic hydroxyl groups is 1. The minimum Gasteiger partial charge on any atom is -0.466 e. The highest BCUT2D eigenvalue weighted by Crippen LogP contribution is 2.71. The maximum Gasteiger partial charge on any atom is 0.311 e. The number of nitrogens with one attached hydrogen (secondary N) is 1. The molecule has 32 heavy (non-hydrogen) atoms. The van der Waals surface area contributed by atoms with E-state index in [4.69, 9.17) is 16.3 Å². The molecule has 6 atom stereocenters. The fraction of sp³-hybridized carbons (Fsp3) is 0.609. The van der Waals surface area contributed by atoms with Crippen molar-refractivity contribution in [2.45, 2.75) is 61.6 Å². The van der Waals surface area contributed by atoms with E-state index in [0.29, 0.717) is 23.6 Å². The van der Waals surface area contributed by atoms with Crippen molar-refractivity contribution in [3.05, 3.63) is 29.3 Å². The molecule has 3 aliphatic heterocycles. The molecule has 0 radical (unpaired) electrons. The molecule has 2 unspecified atom stereocenters. The fourth-order valence-corrected chi connectivity index (χ4v) is 8.26. The van der Waals surface area contributed by atoms with Gasteiger partial charge in [-0.05, 0) is 57.4 Å². The minimum absolute atomic E-state index is 0.239. The minimum atomic E-state index is -0.793. The van der Waals surface area contributed by atoms with Crippen molar-refractivity contribution in [1.29, 1.82) is 0 Å². The van der Waals surface area contributed by atoms with Crippen LogP contribution in [-0.4, -0.2) is 62.6 Å². The number of halogens is 1. The van der Waals surface area contributed by atoms with Crippen molar-refractivity contribution in [3.8, 4) is 0 Å². The number of nitrogens with zero attached hydrogens (tertiary/aromatic N) is 1. The number of carbonyl (C=O) groups is 3. The average Bonchev–Trinajstić information content (AvgIpc) is 3.32. The number of esters is 1. The van der Waals surface area contributed by atoms with Gasteiger partial charge in [0.2, 0.25) is 11.8 Å². The first-order valence-corrected chi connectivity index (χ1v) is 12.3. The molecule has 1 aromatic carbocycles. The molecule has 2 amide bonds. The number of amides is 2. The van der Waals surface area contributed by atoms with Crippen LogP contribution in [0.2, 0.25) is 5.02 Å². The lowest BCUT2D eigenvalue weighted by molar-refractivity contribution is -0.155. The van der Waals surface area contributed by atoms with Gasteiger partial charge in [0, 0.05) is 15.5 Å². The Morgan fingerprint density at radius 3 is 2.59 bits per heavy atom. The number of carbonyl (C=O) groups excluding carboxylic acids is 3. The standard InChI is InChI=1S/C23H29ClN2O5S/c1-4-15(12-27)26-18(19(28)25-14-8-6-13(24)7-9-14)23-11-10-22(3,32-23)17(16(23)20(26)29)21(30)31-5-2/h6-9,15-18,27H,4-5,10-12H2,1-3H3,(H,25,28)/t15-,16-,17-,18?,22+,23?/m0/s1. The first-order valence-electron chi connectivity index (χ1n) is 11.1. The summed E-state index contributed by atoms with van der Waals surface area (Å²) in [6.07, 6.45) is 1.87. The van der Waals surface area contributed by atoms with Crippen molar-refractivity contribution in [3.63, 3.8) is 0 Å². The topological polar surface area (TPSA) is 95.9 Å². The first kappa shape index (κ1) is 23.4. The summed E-state index contributed by atoms with van der Waals surface area (Å²) >= 11 is 7.55. The van der Waals surface area contributed by atoms with Gasteiger partial charge in [-0.15, -0.1) is 11.8 Å². The number of aliphatic hydroxyl groups excluding tert-OH is 1. The Morgan fingerprint density at radius 1 is 1.31 bits per heavy atom. The molecule has 174 valence electrons.